The van der Waals surface area contributed by atoms with E-state index in [1.807, 2.05) is 55.5 Å². The Morgan fingerprint density at radius 1 is 1.14 bits per heavy atom. The molecule has 106 valence electrons. The zero-order valence-electron chi connectivity index (χ0n) is 11.6. The standard InChI is InChI=1S/C16H16N4O/c1-11-8-9-20(21)16(10-11)19-18-15-7-6-14(17)12-4-2-3-5-13(12)15/h2-10,16,21H,17H2,1H3. The molecule has 3 N–H and O–H groups in total. The van der Waals surface area contributed by atoms with E-state index in [1.165, 1.54) is 0 Å². The third-order valence-electron chi connectivity index (χ3n) is 3.39. The molecule has 2 aromatic rings. The summed E-state index contributed by atoms with van der Waals surface area (Å²) in [5, 5.41) is 21.1. The van der Waals surface area contributed by atoms with Crippen molar-refractivity contribution in [2.45, 2.75) is 13.1 Å². The molecule has 1 unspecified atom stereocenters. The SMILES string of the molecule is CC1=CC(N=Nc2ccc(N)c3ccccc23)N(O)C=C1. The van der Waals surface area contributed by atoms with E-state index in [-0.39, 0.29) is 0 Å². The maximum Gasteiger partial charge on any atom is 0.184 e. The second-order valence-electron chi connectivity index (χ2n) is 4.96. The molecule has 1 atom stereocenters. The average Bonchev–Trinajstić information content (AvgIpc) is 2.50. The Labute approximate surface area is 122 Å². The first kappa shape index (κ1) is 13.3. The molecular weight excluding hydrogens is 264 g/mol. The molecule has 1 aliphatic rings. The van der Waals surface area contributed by atoms with Crippen LogP contribution in [0.3, 0.4) is 0 Å². The molecule has 0 saturated heterocycles. The third-order valence-corrected chi connectivity index (χ3v) is 3.39. The van der Waals surface area contributed by atoms with E-state index in [9.17, 15) is 5.21 Å². The van der Waals surface area contributed by atoms with Crippen molar-refractivity contribution in [1.82, 2.24) is 5.06 Å². The van der Waals surface area contributed by atoms with Gasteiger partial charge in [-0.2, -0.15) is 10.2 Å². The number of nitrogens with zero attached hydrogens (tertiary/aromatic N) is 3. The number of nitrogen functional groups attached to an aromatic ring is 1. The van der Waals surface area contributed by atoms with Crippen LogP contribution in [0, 0.1) is 0 Å². The lowest BCUT2D eigenvalue weighted by Crippen LogP contribution is -2.25. The highest BCUT2D eigenvalue weighted by molar-refractivity contribution is 5.99. The van der Waals surface area contributed by atoms with Gasteiger partial charge in [-0.15, -0.1) is 0 Å². The number of azo groups is 1. The Bertz CT molecular complexity index is 764. The quantitative estimate of drug-likeness (QED) is 0.645. The number of anilines is 1. The summed E-state index contributed by atoms with van der Waals surface area (Å²) in [4.78, 5) is 0. The third kappa shape index (κ3) is 2.64. The number of benzene rings is 2. The van der Waals surface area contributed by atoms with Crippen LogP contribution in [0.2, 0.25) is 0 Å². The number of fused-ring (bicyclic) bond motifs is 1. The van der Waals surface area contributed by atoms with Gasteiger partial charge in [0.2, 0.25) is 0 Å². The summed E-state index contributed by atoms with van der Waals surface area (Å²) in [6, 6.07) is 11.4. The average molecular weight is 280 g/mol. The van der Waals surface area contributed by atoms with Crippen molar-refractivity contribution in [2.75, 3.05) is 5.73 Å². The molecular formula is C16H16N4O. The molecule has 0 aliphatic carbocycles. The number of hydrogen-bond acceptors (Lipinski definition) is 5. The second kappa shape index (κ2) is 5.38. The first-order valence-electron chi connectivity index (χ1n) is 6.67. The monoisotopic (exact) mass is 280 g/mol. The lowest BCUT2D eigenvalue weighted by molar-refractivity contribution is -0.0651. The van der Waals surface area contributed by atoms with Crippen LogP contribution >= 0.6 is 0 Å². The largest absolute Gasteiger partial charge is 0.398 e. The Morgan fingerprint density at radius 2 is 1.90 bits per heavy atom. The van der Waals surface area contributed by atoms with Gasteiger partial charge in [0, 0.05) is 22.7 Å². The first-order chi connectivity index (χ1) is 10.1. The minimum absolute atomic E-state index is 0.508. The molecule has 0 aromatic heterocycles. The summed E-state index contributed by atoms with van der Waals surface area (Å²) in [6.45, 7) is 1.95. The number of hydroxylamine groups is 2. The van der Waals surface area contributed by atoms with Gasteiger partial charge in [0.15, 0.2) is 6.17 Å². The highest BCUT2D eigenvalue weighted by Crippen LogP contribution is 2.30. The van der Waals surface area contributed by atoms with Crippen molar-refractivity contribution >= 4 is 22.1 Å². The van der Waals surface area contributed by atoms with Gasteiger partial charge >= 0.3 is 0 Å². The maximum atomic E-state index is 9.75. The molecule has 5 heteroatoms. The fourth-order valence-corrected chi connectivity index (χ4v) is 2.25. The Balaban J connectivity index is 1.97. The van der Waals surface area contributed by atoms with E-state index in [1.54, 1.807) is 6.20 Å². The number of allylic oxidation sites excluding steroid dienone is 2. The van der Waals surface area contributed by atoms with Gasteiger partial charge in [0.25, 0.3) is 0 Å². The van der Waals surface area contributed by atoms with Gasteiger partial charge in [-0.25, -0.2) is 5.06 Å². The smallest absolute Gasteiger partial charge is 0.184 e. The Morgan fingerprint density at radius 3 is 2.71 bits per heavy atom. The first-order valence-corrected chi connectivity index (χ1v) is 6.67. The Kier molecular flexibility index (Phi) is 3.41. The van der Waals surface area contributed by atoms with E-state index in [0.29, 0.717) is 5.69 Å². The van der Waals surface area contributed by atoms with Crippen molar-refractivity contribution in [3.05, 3.63) is 60.3 Å². The number of rotatable bonds is 2. The molecule has 3 rings (SSSR count). The molecule has 0 bridgehead atoms. The van der Waals surface area contributed by atoms with E-state index >= 15 is 0 Å². The minimum atomic E-state index is -0.508. The van der Waals surface area contributed by atoms with Crippen LogP contribution in [0.4, 0.5) is 11.4 Å². The highest BCUT2D eigenvalue weighted by Gasteiger charge is 2.13. The normalized spacial score (nSPS) is 18.5. The molecule has 21 heavy (non-hydrogen) atoms. The molecule has 0 spiro atoms. The highest BCUT2D eigenvalue weighted by atomic mass is 16.5. The van der Waals surface area contributed by atoms with E-state index < -0.39 is 6.17 Å². The lowest BCUT2D eigenvalue weighted by atomic mass is 10.1. The maximum absolute atomic E-state index is 9.75. The lowest BCUT2D eigenvalue weighted by Gasteiger charge is -2.20. The van der Waals surface area contributed by atoms with Crippen LogP contribution in [0.5, 0.6) is 0 Å². The van der Waals surface area contributed by atoms with Crippen molar-refractivity contribution in [1.29, 1.82) is 0 Å². The van der Waals surface area contributed by atoms with Gasteiger partial charge in [-0.05, 0) is 36.8 Å². The van der Waals surface area contributed by atoms with Crippen molar-refractivity contribution in [3.8, 4) is 0 Å². The van der Waals surface area contributed by atoms with Crippen LogP contribution in [-0.2, 0) is 0 Å². The molecule has 0 saturated carbocycles. The minimum Gasteiger partial charge on any atom is -0.398 e. The van der Waals surface area contributed by atoms with Crippen LogP contribution in [0.25, 0.3) is 10.8 Å². The molecule has 5 nitrogen and oxygen atoms in total. The van der Waals surface area contributed by atoms with E-state index in [0.717, 1.165) is 27.1 Å². The van der Waals surface area contributed by atoms with Crippen LogP contribution in [0.15, 0.2) is 70.6 Å². The van der Waals surface area contributed by atoms with E-state index in [2.05, 4.69) is 10.2 Å². The molecule has 2 aromatic carbocycles. The molecule has 0 radical (unpaired) electrons. The van der Waals surface area contributed by atoms with Crippen LogP contribution < -0.4 is 5.73 Å². The summed E-state index contributed by atoms with van der Waals surface area (Å²) in [7, 11) is 0. The van der Waals surface area contributed by atoms with Crippen LogP contribution in [0.1, 0.15) is 6.92 Å². The van der Waals surface area contributed by atoms with Crippen LogP contribution in [-0.4, -0.2) is 16.4 Å². The van der Waals surface area contributed by atoms with Gasteiger partial charge in [-0.1, -0.05) is 24.3 Å². The summed E-state index contributed by atoms with van der Waals surface area (Å²) < 4.78 is 0. The summed E-state index contributed by atoms with van der Waals surface area (Å²) in [6.07, 6.45) is 4.71. The topological polar surface area (TPSA) is 74.2 Å². The molecule has 0 fully saturated rings. The second-order valence-corrected chi connectivity index (χ2v) is 4.96. The summed E-state index contributed by atoms with van der Waals surface area (Å²) >= 11 is 0. The number of nitrogens with two attached hydrogens (primary N) is 1. The van der Waals surface area contributed by atoms with Gasteiger partial charge < -0.3 is 5.73 Å². The van der Waals surface area contributed by atoms with Crippen molar-refractivity contribution in [2.24, 2.45) is 10.2 Å². The fourth-order valence-electron chi connectivity index (χ4n) is 2.25. The molecule has 1 heterocycles. The predicted octanol–water partition coefficient (Wildman–Crippen LogP) is 4.00. The zero-order valence-corrected chi connectivity index (χ0v) is 11.6. The van der Waals surface area contributed by atoms with Crippen molar-refractivity contribution in [3.63, 3.8) is 0 Å². The van der Waals surface area contributed by atoms with Gasteiger partial charge in [-0.3, -0.25) is 5.21 Å². The van der Waals surface area contributed by atoms with E-state index in [4.69, 9.17) is 5.73 Å². The number of hydrogen-bond donors (Lipinski definition) is 2. The van der Waals surface area contributed by atoms with Crippen molar-refractivity contribution < 1.29 is 5.21 Å². The predicted molar refractivity (Wildman–Crippen MR) is 83.2 cm³/mol. The van der Waals surface area contributed by atoms with Gasteiger partial charge in [0.05, 0.1) is 5.69 Å². The summed E-state index contributed by atoms with van der Waals surface area (Å²) in [5.74, 6) is 0. The summed E-state index contributed by atoms with van der Waals surface area (Å²) in [5.41, 5.74) is 8.44. The Hall–Kier alpha value is -2.66. The molecule has 1 aliphatic heterocycles. The molecule has 0 amide bonds. The van der Waals surface area contributed by atoms with Gasteiger partial charge in [0.1, 0.15) is 0 Å². The zero-order chi connectivity index (χ0) is 14.8. The fraction of sp³-hybridized carbons (Fsp3) is 0.125.